The number of nitrogens with one attached hydrogen (secondary N) is 1. The van der Waals surface area contributed by atoms with Crippen LogP contribution in [0.1, 0.15) is 43.2 Å². The molecule has 1 saturated heterocycles. The van der Waals surface area contributed by atoms with Crippen molar-refractivity contribution in [3.8, 4) is 0 Å². The lowest BCUT2D eigenvalue weighted by Gasteiger charge is -2.28. The maximum absolute atomic E-state index is 13.2. The number of amides is 2. The molecule has 0 unspecified atom stereocenters. The van der Waals surface area contributed by atoms with Gasteiger partial charge < -0.3 is 19.9 Å². The van der Waals surface area contributed by atoms with Crippen LogP contribution < -0.4 is 5.32 Å². The predicted molar refractivity (Wildman–Crippen MR) is 133 cm³/mol. The smallest absolute Gasteiger partial charge is 0.410 e. The Morgan fingerprint density at radius 3 is 2.39 bits per heavy atom. The average molecular weight is 528 g/mol. The van der Waals surface area contributed by atoms with Gasteiger partial charge in [0.1, 0.15) is 18.7 Å². The Hall–Kier alpha value is -4.48. The van der Waals surface area contributed by atoms with Crippen LogP contribution in [0.15, 0.2) is 54.6 Å². The van der Waals surface area contributed by atoms with Crippen molar-refractivity contribution in [2.45, 2.75) is 50.8 Å². The van der Waals surface area contributed by atoms with E-state index in [-0.39, 0.29) is 25.4 Å². The number of nitro groups is 1. The second kappa shape index (κ2) is 13.2. The number of ether oxygens (including phenoxy) is 2. The normalized spacial score (nSPS) is 16.2. The Morgan fingerprint density at radius 1 is 1.11 bits per heavy atom. The Morgan fingerprint density at radius 2 is 1.79 bits per heavy atom. The highest BCUT2D eigenvalue weighted by atomic mass is 16.6. The van der Waals surface area contributed by atoms with E-state index in [0.29, 0.717) is 18.4 Å². The molecule has 0 bridgehead atoms. The maximum Gasteiger partial charge on any atom is 0.410 e. The topological polar surface area (TPSA) is 165 Å². The summed E-state index contributed by atoms with van der Waals surface area (Å²) < 4.78 is 10.3. The molecule has 12 nitrogen and oxygen atoms in total. The Kier molecular flexibility index (Phi) is 9.74. The van der Waals surface area contributed by atoms with Gasteiger partial charge in [-0.3, -0.25) is 24.6 Å². The largest absolute Gasteiger partial charge is 0.480 e. The first-order chi connectivity index (χ1) is 18.2. The molecule has 12 heteroatoms. The number of carbonyl (C=O) groups excluding carboxylic acids is 3. The van der Waals surface area contributed by atoms with Gasteiger partial charge in [0.25, 0.3) is 5.69 Å². The van der Waals surface area contributed by atoms with Crippen molar-refractivity contribution in [1.82, 2.24) is 10.2 Å². The molecule has 1 aliphatic rings. The third-order valence-electron chi connectivity index (χ3n) is 6.19. The van der Waals surface area contributed by atoms with Crippen LogP contribution >= 0.6 is 0 Å². The van der Waals surface area contributed by atoms with Crippen LogP contribution in [-0.4, -0.2) is 64.1 Å². The van der Waals surface area contributed by atoms with Gasteiger partial charge in [-0.25, -0.2) is 9.59 Å². The molecule has 1 aliphatic heterocycles. The number of benzene rings is 2. The van der Waals surface area contributed by atoms with Crippen molar-refractivity contribution in [1.29, 1.82) is 0 Å². The molecule has 202 valence electrons. The summed E-state index contributed by atoms with van der Waals surface area (Å²) in [4.78, 5) is 62.2. The number of rotatable bonds is 11. The number of hydrogen-bond acceptors (Lipinski definition) is 8. The minimum absolute atomic E-state index is 0.0179. The van der Waals surface area contributed by atoms with Gasteiger partial charge in [0, 0.05) is 24.6 Å². The summed E-state index contributed by atoms with van der Waals surface area (Å²) in [5.74, 6) is -3.90. The monoisotopic (exact) mass is 527 g/mol. The van der Waals surface area contributed by atoms with Crippen molar-refractivity contribution in [3.05, 3.63) is 75.8 Å². The first kappa shape index (κ1) is 28.1. The number of likely N-dealkylation sites (tertiary alicyclic amines) is 1. The quantitative estimate of drug-likeness (QED) is 0.254. The molecule has 0 aromatic heterocycles. The molecule has 0 saturated carbocycles. The molecule has 1 fully saturated rings. The SMILES string of the molecule is CCOC(=O)C[C@@H](c1ccc([N+](=O)[O-])cc1)[C@H](NC(=O)[C@H]1CCCN1C(=O)OCc1ccccc1)C(=O)O. The molecule has 0 radical (unpaired) electrons. The summed E-state index contributed by atoms with van der Waals surface area (Å²) in [5, 5.41) is 23.5. The van der Waals surface area contributed by atoms with Crippen LogP contribution in [-0.2, 0) is 30.5 Å². The molecule has 2 amide bonds. The fourth-order valence-electron chi connectivity index (χ4n) is 4.31. The van der Waals surface area contributed by atoms with Crippen LogP contribution in [0.2, 0.25) is 0 Å². The molecule has 2 aromatic carbocycles. The summed E-state index contributed by atoms with van der Waals surface area (Å²) in [6, 6.07) is 11.6. The van der Waals surface area contributed by atoms with Gasteiger partial charge in [0.15, 0.2) is 0 Å². The molecule has 0 aliphatic carbocycles. The van der Waals surface area contributed by atoms with Crippen molar-refractivity contribution in [2.24, 2.45) is 0 Å². The zero-order chi connectivity index (χ0) is 27.7. The number of hydrogen-bond donors (Lipinski definition) is 2. The van der Waals surface area contributed by atoms with Crippen molar-refractivity contribution in [2.75, 3.05) is 13.2 Å². The number of nitrogens with zero attached hydrogens (tertiary/aromatic N) is 2. The van der Waals surface area contributed by atoms with Crippen molar-refractivity contribution < 1.29 is 38.7 Å². The zero-order valence-corrected chi connectivity index (χ0v) is 20.8. The molecule has 2 aromatic rings. The lowest BCUT2D eigenvalue weighted by Crippen LogP contribution is -2.53. The van der Waals surface area contributed by atoms with Crippen LogP contribution in [0.4, 0.5) is 10.5 Å². The summed E-state index contributed by atoms with van der Waals surface area (Å²) in [6.07, 6.45) is -0.267. The Labute approximate surface area is 218 Å². The molecule has 0 spiro atoms. The van der Waals surface area contributed by atoms with Crippen molar-refractivity contribution >= 4 is 29.6 Å². The number of nitro benzene ring substituents is 1. The first-order valence-electron chi connectivity index (χ1n) is 12.1. The number of aliphatic carboxylic acids is 1. The van der Waals surface area contributed by atoms with Gasteiger partial charge in [-0.15, -0.1) is 0 Å². The molecular formula is C26H29N3O9. The molecule has 2 N–H and O–H groups in total. The van der Waals surface area contributed by atoms with Gasteiger partial charge in [-0.2, -0.15) is 0 Å². The summed E-state index contributed by atoms with van der Waals surface area (Å²) in [7, 11) is 0. The zero-order valence-electron chi connectivity index (χ0n) is 20.8. The molecule has 3 atom stereocenters. The lowest BCUT2D eigenvalue weighted by molar-refractivity contribution is -0.384. The average Bonchev–Trinajstić information content (AvgIpc) is 3.40. The minimum atomic E-state index is -1.57. The summed E-state index contributed by atoms with van der Waals surface area (Å²) in [5.41, 5.74) is 0.856. The third-order valence-corrected chi connectivity index (χ3v) is 6.19. The Balaban J connectivity index is 1.77. The third kappa shape index (κ3) is 7.28. The van der Waals surface area contributed by atoms with E-state index in [1.54, 1.807) is 31.2 Å². The highest BCUT2D eigenvalue weighted by molar-refractivity contribution is 5.90. The highest BCUT2D eigenvalue weighted by Gasteiger charge is 2.39. The van der Waals surface area contributed by atoms with E-state index in [4.69, 9.17) is 9.47 Å². The summed E-state index contributed by atoms with van der Waals surface area (Å²) in [6.45, 7) is 1.95. The van der Waals surface area contributed by atoms with E-state index in [9.17, 15) is 34.4 Å². The maximum atomic E-state index is 13.2. The van der Waals surface area contributed by atoms with E-state index in [1.165, 1.54) is 29.2 Å². The number of esters is 1. The molecule has 3 rings (SSSR count). The Bertz CT molecular complexity index is 1150. The van der Waals surface area contributed by atoms with Crippen LogP contribution in [0.5, 0.6) is 0 Å². The van der Waals surface area contributed by atoms with Gasteiger partial charge in [0.05, 0.1) is 18.0 Å². The second-order valence-corrected chi connectivity index (χ2v) is 8.68. The number of carbonyl (C=O) groups is 4. The molecule has 1 heterocycles. The number of carboxylic acid groups (broad SMARTS) is 1. The van der Waals surface area contributed by atoms with Gasteiger partial charge in [-0.05, 0) is 30.9 Å². The highest BCUT2D eigenvalue weighted by Crippen LogP contribution is 2.28. The van der Waals surface area contributed by atoms with Crippen molar-refractivity contribution in [3.63, 3.8) is 0 Å². The lowest BCUT2D eigenvalue weighted by atomic mass is 9.88. The molecule has 38 heavy (non-hydrogen) atoms. The van der Waals surface area contributed by atoms with E-state index in [1.807, 2.05) is 6.07 Å². The van der Waals surface area contributed by atoms with E-state index < -0.39 is 53.3 Å². The van der Waals surface area contributed by atoms with Crippen LogP contribution in [0, 0.1) is 10.1 Å². The fourth-order valence-corrected chi connectivity index (χ4v) is 4.31. The van der Waals surface area contributed by atoms with E-state index in [0.717, 1.165) is 5.56 Å². The van der Waals surface area contributed by atoms with Crippen LogP contribution in [0.25, 0.3) is 0 Å². The van der Waals surface area contributed by atoms with E-state index >= 15 is 0 Å². The minimum Gasteiger partial charge on any atom is -0.480 e. The van der Waals surface area contributed by atoms with E-state index in [2.05, 4.69) is 5.32 Å². The summed E-state index contributed by atoms with van der Waals surface area (Å²) >= 11 is 0. The standard InChI is InChI=1S/C26H29N3O9/c1-2-37-22(30)15-20(18-10-12-19(13-11-18)29(35)36)23(25(32)33)27-24(31)21-9-6-14-28(21)26(34)38-16-17-7-4-3-5-8-17/h3-5,7-8,10-13,20-21,23H,2,6,9,14-16H2,1H3,(H,27,31)(H,32,33)/t20-,21+,23-/m0/s1. The number of non-ortho nitro benzene ring substituents is 1. The van der Waals surface area contributed by atoms with Gasteiger partial charge in [-0.1, -0.05) is 42.5 Å². The predicted octanol–water partition coefficient (Wildman–Crippen LogP) is 3.00. The number of carboxylic acids is 1. The molecular weight excluding hydrogens is 498 g/mol. The second-order valence-electron chi connectivity index (χ2n) is 8.68. The first-order valence-corrected chi connectivity index (χ1v) is 12.1. The van der Waals surface area contributed by atoms with Crippen LogP contribution in [0.3, 0.4) is 0 Å². The van der Waals surface area contributed by atoms with Gasteiger partial charge in [0.2, 0.25) is 5.91 Å². The van der Waals surface area contributed by atoms with Gasteiger partial charge >= 0.3 is 18.0 Å². The fraction of sp³-hybridized carbons (Fsp3) is 0.385.